The number of carbonyl (C=O) groups is 1. The van der Waals surface area contributed by atoms with Crippen molar-refractivity contribution in [3.05, 3.63) is 88.9 Å². The van der Waals surface area contributed by atoms with Crippen LogP contribution in [0.5, 0.6) is 11.5 Å². The molecule has 0 spiro atoms. The number of rotatable bonds is 6. The summed E-state index contributed by atoms with van der Waals surface area (Å²) in [4.78, 5) is 13.5. The summed E-state index contributed by atoms with van der Waals surface area (Å²) in [6.07, 6.45) is 3.55. The molecule has 2 aromatic heterocycles. The molecule has 0 aliphatic carbocycles. The number of hydrazone groups is 1. The van der Waals surface area contributed by atoms with Gasteiger partial charge in [-0.1, -0.05) is 36.4 Å². The molecule has 154 valence electrons. The summed E-state index contributed by atoms with van der Waals surface area (Å²) >= 11 is 1.61. The van der Waals surface area contributed by atoms with Crippen LogP contribution in [0.2, 0.25) is 0 Å². The second-order valence-electron chi connectivity index (χ2n) is 6.86. The van der Waals surface area contributed by atoms with E-state index in [1.54, 1.807) is 35.8 Å². The highest BCUT2D eigenvalue weighted by molar-refractivity contribution is 7.13. The van der Waals surface area contributed by atoms with E-state index >= 15 is 0 Å². The number of thiophene rings is 1. The van der Waals surface area contributed by atoms with E-state index in [0.29, 0.717) is 23.6 Å². The van der Waals surface area contributed by atoms with Gasteiger partial charge in [-0.15, -0.1) is 11.3 Å². The quantitative estimate of drug-likeness (QED) is 0.368. The molecule has 0 fully saturated rings. The molecule has 0 radical (unpaired) electrons. The number of hydrogen-bond donors (Lipinski definition) is 1. The minimum Gasteiger partial charge on any atom is -0.454 e. The highest BCUT2D eigenvalue weighted by Gasteiger charge is 2.16. The van der Waals surface area contributed by atoms with Crippen LogP contribution in [0.15, 0.2) is 77.3 Å². The van der Waals surface area contributed by atoms with Crippen molar-refractivity contribution in [1.82, 2.24) is 15.2 Å². The Hall–Kier alpha value is -3.91. The maximum Gasteiger partial charge on any atom is 0.271 e. The average Bonchev–Trinajstić information content (AvgIpc) is 3.54. The molecule has 1 aliphatic heterocycles. The Kier molecular flexibility index (Phi) is 5.20. The van der Waals surface area contributed by atoms with Crippen LogP contribution in [0.4, 0.5) is 0 Å². The van der Waals surface area contributed by atoms with Crippen molar-refractivity contribution in [2.24, 2.45) is 5.10 Å². The van der Waals surface area contributed by atoms with E-state index in [4.69, 9.17) is 14.6 Å². The lowest BCUT2D eigenvalue weighted by Crippen LogP contribution is -2.17. The summed E-state index contributed by atoms with van der Waals surface area (Å²) in [6, 6.07) is 19.2. The number of benzene rings is 2. The van der Waals surface area contributed by atoms with Crippen molar-refractivity contribution in [3.63, 3.8) is 0 Å². The Morgan fingerprint density at radius 1 is 1.13 bits per heavy atom. The molecule has 1 aliphatic rings. The molecule has 0 saturated heterocycles. The number of carbonyl (C=O) groups excluding carboxylic acids is 1. The third-order valence-corrected chi connectivity index (χ3v) is 5.61. The van der Waals surface area contributed by atoms with Crippen LogP contribution in [-0.4, -0.2) is 28.7 Å². The Labute approximate surface area is 182 Å². The topological polar surface area (TPSA) is 77.7 Å². The Morgan fingerprint density at radius 3 is 2.84 bits per heavy atom. The van der Waals surface area contributed by atoms with Gasteiger partial charge in [-0.2, -0.15) is 10.2 Å². The minimum atomic E-state index is -0.330. The van der Waals surface area contributed by atoms with E-state index in [-0.39, 0.29) is 12.7 Å². The van der Waals surface area contributed by atoms with Crippen molar-refractivity contribution in [2.75, 3.05) is 6.79 Å². The lowest BCUT2D eigenvalue weighted by molar-refractivity contribution is 0.0954. The van der Waals surface area contributed by atoms with E-state index in [2.05, 4.69) is 22.7 Å². The number of fused-ring (bicyclic) bond motifs is 1. The first-order valence-corrected chi connectivity index (χ1v) is 10.5. The van der Waals surface area contributed by atoms with Crippen molar-refractivity contribution >= 4 is 23.5 Å². The van der Waals surface area contributed by atoms with Crippen LogP contribution in [0.3, 0.4) is 0 Å². The van der Waals surface area contributed by atoms with Gasteiger partial charge in [0.25, 0.3) is 5.91 Å². The molecule has 2 aromatic carbocycles. The molecule has 1 N–H and O–H groups in total. The van der Waals surface area contributed by atoms with Gasteiger partial charge >= 0.3 is 0 Å². The Bertz CT molecular complexity index is 1230. The van der Waals surface area contributed by atoms with Gasteiger partial charge in [0.2, 0.25) is 6.79 Å². The first-order valence-electron chi connectivity index (χ1n) is 9.64. The summed E-state index contributed by atoms with van der Waals surface area (Å²) in [5.74, 6) is 0.856. The molecule has 8 heteroatoms. The smallest absolute Gasteiger partial charge is 0.271 e. The molecule has 1 amide bonds. The van der Waals surface area contributed by atoms with Crippen LogP contribution in [0.1, 0.15) is 21.5 Å². The summed E-state index contributed by atoms with van der Waals surface area (Å²) in [6.45, 7) is 0.813. The lowest BCUT2D eigenvalue weighted by Gasteiger charge is -2.01. The van der Waals surface area contributed by atoms with Gasteiger partial charge in [-0.3, -0.25) is 9.48 Å². The summed E-state index contributed by atoms with van der Waals surface area (Å²) in [5.41, 5.74) is 5.82. The minimum absolute atomic E-state index is 0.164. The number of hydrogen-bond acceptors (Lipinski definition) is 6. The molecule has 5 rings (SSSR count). The monoisotopic (exact) mass is 430 g/mol. The molecule has 31 heavy (non-hydrogen) atoms. The summed E-state index contributed by atoms with van der Waals surface area (Å²) < 4.78 is 12.5. The van der Waals surface area contributed by atoms with E-state index in [1.807, 2.05) is 46.6 Å². The maximum atomic E-state index is 12.5. The normalized spacial score (nSPS) is 12.4. The van der Waals surface area contributed by atoms with Gasteiger partial charge in [-0.05, 0) is 35.2 Å². The highest BCUT2D eigenvalue weighted by Crippen LogP contribution is 2.32. The van der Waals surface area contributed by atoms with E-state index < -0.39 is 0 Å². The second kappa shape index (κ2) is 8.45. The third-order valence-electron chi connectivity index (χ3n) is 4.74. The molecule has 4 aromatic rings. The number of amides is 1. The second-order valence-corrected chi connectivity index (χ2v) is 7.81. The first kappa shape index (κ1) is 19.1. The number of ether oxygens (including phenoxy) is 2. The molecule has 7 nitrogen and oxygen atoms in total. The molecule has 0 saturated carbocycles. The SMILES string of the molecule is O=C(N/N=C/c1cn(Cc2ccccc2)nc1-c1cccs1)c1ccc2c(c1)OCO2. The van der Waals surface area contributed by atoms with Crippen LogP contribution >= 0.6 is 11.3 Å². The zero-order valence-electron chi connectivity index (χ0n) is 16.4. The molecular formula is C23H18N4O3S. The van der Waals surface area contributed by atoms with Gasteiger partial charge in [0.05, 0.1) is 17.6 Å². The average molecular weight is 430 g/mol. The fraction of sp³-hybridized carbons (Fsp3) is 0.0870. The number of nitrogens with zero attached hydrogens (tertiary/aromatic N) is 3. The summed E-state index contributed by atoms with van der Waals surface area (Å²) in [5, 5.41) is 10.9. The maximum absolute atomic E-state index is 12.5. The van der Waals surface area contributed by atoms with E-state index in [9.17, 15) is 4.79 Å². The molecule has 0 unspecified atom stereocenters. The van der Waals surface area contributed by atoms with Gasteiger partial charge in [0.15, 0.2) is 11.5 Å². The van der Waals surface area contributed by atoms with Crippen LogP contribution in [-0.2, 0) is 6.54 Å². The zero-order valence-corrected chi connectivity index (χ0v) is 17.2. The standard InChI is InChI=1S/C23H18N4O3S/c28-23(17-8-9-19-20(11-17)30-15-29-19)25-24-12-18-14-27(13-16-5-2-1-3-6-16)26-22(18)21-7-4-10-31-21/h1-12,14H,13,15H2,(H,25,28)/b24-12+. The fourth-order valence-corrected chi connectivity index (χ4v) is 3.98. The van der Waals surface area contributed by atoms with Crippen molar-refractivity contribution in [3.8, 4) is 22.1 Å². The van der Waals surface area contributed by atoms with Crippen LogP contribution in [0.25, 0.3) is 10.6 Å². The van der Waals surface area contributed by atoms with Crippen molar-refractivity contribution < 1.29 is 14.3 Å². The first-order chi connectivity index (χ1) is 15.3. The Morgan fingerprint density at radius 2 is 2.00 bits per heavy atom. The third kappa shape index (κ3) is 4.19. The van der Waals surface area contributed by atoms with Gasteiger partial charge < -0.3 is 9.47 Å². The highest BCUT2D eigenvalue weighted by atomic mass is 32.1. The van der Waals surface area contributed by atoms with Gasteiger partial charge in [0.1, 0.15) is 5.69 Å². The van der Waals surface area contributed by atoms with Crippen LogP contribution < -0.4 is 14.9 Å². The number of nitrogens with one attached hydrogen (secondary N) is 1. The molecule has 0 atom stereocenters. The van der Waals surface area contributed by atoms with E-state index in [1.165, 1.54) is 0 Å². The predicted octanol–water partition coefficient (Wildman–Crippen LogP) is 4.15. The van der Waals surface area contributed by atoms with Crippen molar-refractivity contribution in [1.29, 1.82) is 0 Å². The molecular weight excluding hydrogens is 412 g/mol. The predicted molar refractivity (Wildman–Crippen MR) is 119 cm³/mol. The largest absolute Gasteiger partial charge is 0.454 e. The Balaban J connectivity index is 1.35. The zero-order chi connectivity index (χ0) is 21.0. The van der Waals surface area contributed by atoms with Gasteiger partial charge in [-0.25, -0.2) is 5.43 Å². The fourth-order valence-electron chi connectivity index (χ4n) is 3.25. The molecule has 3 heterocycles. The van der Waals surface area contributed by atoms with Crippen molar-refractivity contribution in [2.45, 2.75) is 6.54 Å². The number of aromatic nitrogens is 2. The summed E-state index contributed by atoms with van der Waals surface area (Å²) in [7, 11) is 0. The molecule has 0 bridgehead atoms. The van der Waals surface area contributed by atoms with Gasteiger partial charge in [0, 0.05) is 17.3 Å². The van der Waals surface area contributed by atoms with Crippen LogP contribution in [0, 0.1) is 0 Å². The lowest BCUT2D eigenvalue weighted by atomic mass is 10.2. The van der Waals surface area contributed by atoms with E-state index in [0.717, 1.165) is 21.7 Å².